The maximum absolute atomic E-state index is 6.45. The molecule has 0 saturated heterocycles. The van der Waals surface area contributed by atoms with Gasteiger partial charge in [-0.25, -0.2) is 0 Å². The molecule has 3 rings (SSSR count). The van der Waals surface area contributed by atoms with Crippen LogP contribution in [0.4, 0.5) is 5.69 Å². The smallest absolute Gasteiger partial charge is 0.180 e. The summed E-state index contributed by atoms with van der Waals surface area (Å²) < 4.78 is 11.6. The molecule has 0 fully saturated rings. The molecule has 0 aliphatic heterocycles. The van der Waals surface area contributed by atoms with Crippen LogP contribution in [0, 0.1) is 0 Å². The average molecular weight is 415 g/mol. The first kappa shape index (κ1) is 20.1. The Bertz CT molecular complexity index is 929. The monoisotopic (exact) mass is 414 g/mol. The molecule has 0 amide bonds. The van der Waals surface area contributed by atoms with Crippen molar-refractivity contribution in [1.82, 2.24) is 0 Å². The Balaban J connectivity index is 1.74. The van der Waals surface area contributed by atoms with Crippen LogP contribution >= 0.6 is 23.2 Å². The molecule has 28 heavy (non-hydrogen) atoms. The molecule has 0 saturated carbocycles. The highest BCUT2D eigenvalue weighted by Gasteiger charge is 2.12. The van der Waals surface area contributed by atoms with Crippen molar-refractivity contribution in [2.24, 2.45) is 5.10 Å². The topological polar surface area (TPSA) is 42.8 Å². The highest BCUT2D eigenvalue weighted by Crippen LogP contribution is 2.37. The second-order valence-electron chi connectivity index (χ2n) is 5.91. The van der Waals surface area contributed by atoms with E-state index in [4.69, 9.17) is 32.7 Å². The molecular formula is C22H20Cl2N2O2. The van der Waals surface area contributed by atoms with E-state index in [0.29, 0.717) is 34.8 Å². The van der Waals surface area contributed by atoms with E-state index in [-0.39, 0.29) is 0 Å². The number of ether oxygens (including phenoxy) is 2. The van der Waals surface area contributed by atoms with Crippen LogP contribution in [0.15, 0.2) is 71.8 Å². The summed E-state index contributed by atoms with van der Waals surface area (Å²) in [4.78, 5) is 0. The number of hydrazone groups is 1. The van der Waals surface area contributed by atoms with Gasteiger partial charge in [0.05, 0.1) is 23.5 Å². The van der Waals surface area contributed by atoms with Gasteiger partial charge in [-0.2, -0.15) is 5.10 Å². The molecule has 0 heterocycles. The van der Waals surface area contributed by atoms with Gasteiger partial charge in [0.2, 0.25) is 0 Å². The maximum Gasteiger partial charge on any atom is 0.180 e. The van der Waals surface area contributed by atoms with E-state index in [1.807, 2.05) is 67.6 Å². The van der Waals surface area contributed by atoms with Crippen LogP contribution in [-0.2, 0) is 6.61 Å². The summed E-state index contributed by atoms with van der Waals surface area (Å²) in [5.74, 6) is 1.08. The number of benzene rings is 3. The van der Waals surface area contributed by atoms with E-state index >= 15 is 0 Å². The van der Waals surface area contributed by atoms with Gasteiger partial charge in [0.15, 0.2) is 11.5 Å². The lowest BCUT2D eigenvalue weighted by molar-refractivity contribution is 0.269. The SMILES string of the molecule is CCOc1cc(/C=N\Nc2ccccc2)cc(Cl)c1OCc1ccc(Cl)cc1. The van der Waals surface area contributed by atoms with Crippen molar-refractivity contribution < 1.29 is 9.47 Å². The maximum atomic E-state index is 6.45. The Morgan fingerprint density at radius 2 is 1.71 bits per heavy atom. The number of hydrogen-bond acceptors (Lipinski definition) is 4. The average Bonchev–Trinajstić information content (AvgIpc) is 2.70. The Morgan fingerprint density at radius 1 is 0.964 bits per heavy atom. The summed E-state index contributed by atoms with van der Waals surface area (Å²) in [7, 11) is 0. The third kappa shape index (κ3) is 5.65. The van der Waals surface area contributed by atoms with Crippen LogP contribution in [0.5, 0.6) is 11.5 Å². The lowest BCUT2D eigenvalue weighted by atomic mass is 10.2. The minimum atomic E-state index is 0.361. The zero-order valence-electron chi connectivity index (χ0n) is 15.4. The normalized spacial score (nSPS) is 10.8. The summed E-state index contributed by atoms with van der Waals surface area (Å²) in [6, 6.07) is 20.8. The number of rotatable bonds is 8. The van der Waals surface area contributed by atoms with E-state index < -0.39 is 0 Å². The number of hydrogen-bond donors (Lipinski definition) is 1. The van der Waals surface area contributed by atoms with Gasteiger partial charge in [0.1, 0.15) is 6.61 Å². The molecule has 0 bridgehead atoms. The molecule has 0 unspecified atom stereocenters. The Morgan fingerprint density at radius 3 is 2.43 bits per heavy atom. The molecule has 0 spiro atoms. The number of nitrogens with one attached hydrogen (secondary N) is 1. The van der Waals surface area contributed by atoms with Crippen molar-refractivity contribution in [3.63, 3.8) is 0 Å². The van der Waals surface area contributed by atoms with Crippen LogP contribution in [-0.4, -0.2) is 12.8 Å². The molecule has 6 heteroatoms. The first-order chi connectivity index (χ1) is 13.7. The number of anilines is 1. The Labute approximate surface area is 174 Å². The summed E-state index contributed by atoms with van der Waals surface area (Å²) >= 11 is 12.4. The lowest BCUT2D eigenvalue weighted by Crippen LogP contribution is -2.01. The van der Waals surface area contributed by atoms with Gasteiger partial charge in [-0.05, 0) is 54.4 Å². The molecule has 0 atom stereocenters. The Hall–Kier alpha value is -2.69. The van der Waals surface area contributed by atoms with Gasteiger partial charge < -0.3 is 9.47 Å². The fourth-order valence-electron chi connectivity index (χ4n) is 2.50. The number of halogens is 2. The van der Waals surface area contributed by atoms with Crippen LogP contribution in [0.2, 0.25) is 10.0 Å². The molecule has 0 aliphatic carbocycles. The van der Waals surface area contributed by atoms with E-state index in [2.05, 4.69) is 10.5 Å². The minimum absolute atomic E-state index is 0.361. The highest BCUT2D eigenvalue weighted by molar-refractivity contribution is 6.32. The molecule has 144 valence electrons. The molecule has 0 aromatic heterocycles. The largest absolute Gasteiger partial charge is 0.490 e. The van der Waals surface area contributed by atoms with Crippen molar-refractivity contribution in [2.45, 2.75) is 13.5 Å². The predicted molar refractivity (Wildman–Crippen MR) is 116 cm³/mol. The van der Waals surface area contributed by atoms with E-state index in [9.17, 15) is 0 Å². The molecule has 3 aromatic carbocycles. The van der Waals surface area contributed by atoms with Gasteiger partial charge in [0, 0.05) is 5.02 Å². The third-order valence-corrected chi connectivity index (χ3v) is 4.34. The molecular weight excluding hydrogens is 395 g/mol. The van der Waals surface area contributed by atoms with Crippen molar-refractivity contribution in [1.29, 1.82) is 0 Å². The van der Waals surface area contributed by atoms with Crippen LogP contribution in [0.1, 0.15) is 18.1 Å². The molecule has 3 aromatic rings. The Kier molecular flexibility index (Phi) is 7.18. The van der Waals surface area contributed by atoms with Gasteiger partial charge >= 0.3 is 0 Å². The number of nitrogens with zero attached hydrogens (tertiary/aromatic N) is 1. The number of para-hydroxylation sites is 1. The molecule has 4 nitrogen and oxygen atoms in total. The van der Waals surface area contributed by atoms with Crippen LogP contribution < -0.4 is 14.9 Å². The highest BCUT2D eigenvalue weighted by atomic mass is 35.5. The minimum Gasteiger partial charge on any atom is -0.490 e. The van der Waals surface area contributed by atoms with Gasteiger partial charge in [-0.15, -0.1) is 0 Å². The summed E-state index contributed by atoms with van der Waals surface area (Å²) in [6.07, 6.45) is 1.68. The quantitative estimate of drug-likeness (QED) is 0.341. The second kappa shape index (κ2) is 10.0. The molecule has 0 aliphatic rings. The first-order valence-electron chi connectivity index (χ1n) is 8.83. The fraction of sp³-hybridized carbons (Fsp3) is 0.136. The van der Waals surface area contributed by atoms with Crippen molar-refractivity contribution in [3.05, 3.63) is 87.9 Å². The zero-order valence-corrected chi connectivity index (χ0v) is 16.9. The van der Waals surface area contributed by atoms with Crippen LogP contribution in [0.3, 0.4) is 0 Å². The molecule has 1 N–H and O–H groups in total. The lowest BCUT2D eigenvalue weighted by Gasteiger charge is -2.14. The standard InChI is InChI=1S/C22H20Cl2N2O2/c1-2-27-21-13-17(14-25-26-19-6-4-3-5-7-19)12-20(24)22(21)28-15-16-8-10-18(23)11-9-16/h3-14,26H,2,15H2,1H3/b25-14-. The fourth-order valence-corrected chi connectivity index (χ4v) is 2.90. The second-order valence-corrected chi connectivity index (χ2v) is 6.76. The van der Waals surface area contributed by atoms with E-state index in [1.54, 1.807) is 12.3 Å². The molecule has 0 radical (unpaired) electrons. The van der Waals surface area contributed by atoms with Crippen molar-refractivity contribution in [3.8, 4) is 11.5 Å². The summed E-state index contributed by atoms with van der Waals surface area (Å²) in [5.41, 5.74) is 5.66. The third-order valence-electron chi connectivity index (χ3n) is 3.81. The van der Waals surface area contributed by atoms with E-state index in [1.165, 1.54) is 0 Å². The zero-order chi connectivity index (χ0) is 19.8. The van der Waals surface area contributed by atoms with Crippen molar-refractivity contribution in [2.75, 3.05) is 12.0 Å². The van der Waals surface area contributed by atoms with Crippen LogP contribution in [0.25, 0.3) is 0 Å². The van der Waals surface area contributed by atoms with Gasteiger partial charge in [-0.3, -0.25) is 5.43 Å². The van der Waals surface area contributed by atoms with Crippen molar-refractivity contribution >= 4 is 35.1 Å². The van der Waals surface area contributed by atoms with Gasteiger partial charge in [-0.1, -0.05) is 53.5 Å². The predicted octanol–water partition coefficient (Wildman–Crippen LogP) is 6.42. The van der Waals surface area contributed by atoms with Gasteiger partial charge in [0.25, 0.3) is 0 Å². The summed E-state index contributed by atoms with van der Waals surface area (Å²) in [5, 5.41) is 5.39. The first-order valence-corrected chi connectivity index (χ1v) is 9.59. The van der Waals surface area contributed by atoms with E-state index in [0.717, 1.165) is 16.8 Å². The summed E-state index contributed by atoms with van der Waals surface area (Å²) in [6.45, 7) is 2.77.